The van der Waals surface area contributed by atoms with Gasteiger partial charge in [0.15, 0.2) is 0 Å². The second-order valence-electron chi connectivity index (χ2n) is 2.17. The predicted octanol–water partition coefficient (Wildman–Crippen LogP) is -0.791. The van der Waals surface area contributed by atoms with Crippen molar-refractivity contribution in [2.45, 2.75) is 6.10 Å². The van der Waals surface area contributed by atoms with Gasteiger partial charge in [-0.15, -0.1) is 5.10 Å². The number of ether oxygens (including phenoxy) is 1. The maximum Gasteiger partial charge on any atom is 0.233 e. The van der Waals surface area contributed by atoms with Gasteiger partial charge in [-0.2, -0.15) is 5.10 Å². The van der Waals surface area contributed by atoms with Crippen molar-refractivity contribution in [1.82, 2.24) is 10.2 Å². The van der Waals surface area contributed by atoms with E-state index in [4.69, 9.17) is 14.9 Å². The van der Waals surface area contributed by atoms with E-state index >= 15 is 0 Å². The van der Waals surface area contributed by atoms with E-state index in [9.17, 15) is 0 Å². The maximum absolute atomic E-state index is 8.65. The van der Waals surface area contributed by atoms with Gasteiger partial charge in [-0.3, -0.25) is 0 Å². The summed E-state index contributed by atoms with van der Waals surface area (Å²) in [6, 6.07) is 3.26. The molecule has 12 heavy (non-hydrogen) atoms. The van der Waals surface area contributed by atoms with Crippen LogP contribution in [0.15, 0.2) is 18.3 Å². The molecule has 1 heterocycles. The van der Waals surface area contributed by atoms with Crippen LogP contribution in [0.2, 0.25) is 0 Å². The van der Waals surface area contributed by atoms with Gasteiger partial charge < -0.3 is 14.9 Å². The summed E-state index contributed by atoms with van der Waals surface area (Å²) in [5.41, 5.74) is 0. The molecular formula is C7H10N2O3. The van der Waals surface area contributed by atoms with Crippen LogP contribution in [0.5, 0.6) is 5.88 Å². The number of hydrogen-bond acceptors (Lipinski definition) is 5. The molecule has 0 amide bonds. The molecule has 0 atom stereocenters. The lowest BCUT2D eigenvalue weighted by Crippen LogP contribution is -2.25. The summed E-state index contributed by atoms with van der Waals surface area (Å²) in [7, 11) is 0. The predicted molar refractivity (Wildman–Crippen MR) is 40.6 cm³/mol. The monoisotopic (exact) mass is 170 g/mol. The molecule has 66 valence electrons. The molecular weight excluding hydrogens is 160 g/mol. The van der Waals surface area contributed by atoms with Crippen molar-refractivity contribution >= 4 is 0 Å². The second-order valence-corrected chi connectivity index (χ2v) is 2.17. The molecule has 0 spiro atoms. The zero-order valence-electron chi connectivity index (χ0n) is 6.42. The first-order chi connectivity index (χ1) is 5.86. The number of aliphatic hydroxyl groups is 2. The minimum absolute atomic E-state index is 0.243. The van der Waals surface area contributed by atoms with Crippen molar-refractivity contribution in [2.24, 2.45) is 0 Å². The molecule has 0 aliphatic rings. The molecule has 5 heteroatoms. The van der Waals surface area contributed by atoms with Crippen molar-refractivity contribution in [1.29, 1.82) is 0 Å². The Labute approximate surface area is 69.6 Å². The number of rotatable bonds is 4. The highest BCUT2D eigenvalue weighted by Gasteiger charge is 2.07. The number of hydrogen-bond donors (Lipinski definition) is 2. The lowest BCUT2D eigenvalue weighted by molar-refractivity contribution is 0.0589. The average molecular weight is 170 g/mol. The molecule has 1 rings (SSSR count). The van der Waals surface area contributed by atoms with E-state index in [1.807, 2.05) is 0 Å². The Hall–Kier alpha value is -1.20. The number of aliphatic hydroxyl groups excluding tert-OH is 2. The van der Waals surface area contributed by atoms with Gasteiger partial charge in [-0.05, 0) is 6.07 Å². The first-order valence-electron chi connectivity index (χ1n) is 3.53. The van der Waals surface area contributed by atoms with Crippen LogP contribution in [0.3, 0.4) is 0 Å². The smallest absolute Gasteiger partial charge is 0.233 e. The van der Waals surface area contributed by atoms with Crippen LogP contribution in [0, 0.1) is 0 Å². The van der Waals surface area contributed by atoms with Gasteiger partial charge in [0.25, 0.3) is 0 Å². The van der Waals surface area contributed by atoms with E-state index < -0.39 is 6.10 Å². The molecule has 1 aromatic rings. The quantitative estimate of drug-likeness (QED) is 0.619. The summed E-state index contributed by atoms with van der Waals surface area (Å²) in [5, 5.41) is 24.5. The average Bonchev–Trinajstić information content (AvgIpc) is 2.16. The van der Waals surface area contributed by atoms with Crippen molar-refractivity contribution in [3.8, 4) is 5.88 Å². The largest absolute Gasteiger partial charge is 0.468 e. The molecule has 0 saturated carbocycles. The van der Waals surface area contributed by atoms with Gasteiger partial charge >= 0.3 is 0 Å². The molecule has 0 aliphatic carbocycles. The molecule has 1 aromatic heterocycles. The fourth-order valence-corrected chi connectivity index (χ4v) is 0.653. The molecule has 5 nitrogen and oxygen atoms in total. The second kappa shape index (κ2) is 4.63. The molecule has 2 N–H and O–H groups in total. The third kappa shape index (κ3) is 2.44. The van der Waals surface area contributed by atoms with Crippen LogP contribution < -0.4 is 4.74 Å². The Kier molecular flexibility index (Phi) is 3.43. The molecule has 0 aromatic carbocycles. The Morgan fingerprint density at radius 2 is 2.17 bits per heavy atom. The van der Waals surface area contributed by atoms with Crippen LogP contribution in [-0.4, -0.2) is 39.7 Å². The number of aromatic nitrogens is 2. The molecule has 0 bridgehead atoms. The summed E-state index contributed by atoms with van der Waals surface area (Å²) >= 11 is 0. The SMILES string of the molecule is OCC(CO)Oc1cccnn1. The topological polar surface area (TPSA) is 75.5 Å². The Balaban J connectivity index is 2.51. The van der Waals surface area contributed by atoms with E-state index in [0.717, 1.165) is 0 Å². The third-order valence-electron chi connectivity index (χ3n) is 1.24. The van der Waals surface area contributed by atoms with Gasteiger partial charge in [0.2, 0.25) is 5.88 Å². The molecule has 0 radical (unpaired) electrons. The summed E-state index contributed by atoms with van der Waals surface area (Å²) in [6.07, 6.45) is 0.890. The van der Waals surface area contributed by atoms with Crippen molar-refractivity contribution < 1.29 is 14.9 Å². The number of nitrogens with zero attached hydrogens (tertiary/aromatic N) is 2. The minimum atomic E-state index is -0.623. The van der Waals surface area contributed by atoms with Gasteiger partial charge in [-0.1, -0.05) is 0 Å². The Bertz CT molecular complexity index is 213. The zero-order valence-corrected chi connectivity index (χ0v) is 6.42. The third-order valence-corrected chi connectivity index (χ3v) is 1.24. The van der Waals surface area contributed by atoms with E-state index in [1.54, 1.807) is 12.1 Å². The maximum atomic E-state index is 8.65. The normalized spacial score (nSPS) is 10.2. The van der Waals surface area contributed by atoms with Crippen LogP contribution in [-0.2, 0) is 0 Å². The highest BCUT2D eigenvalue weighted by Crippen LogP contribution is 2.04. The fraction of sp³-hybridized carbons (Fsp3) is 0.429. The van der Waals surface area contributed by atoms with Gasteiger partial charge in [0, 0.05) is 12.3 Å². The van der Waals surface area contributed by atoms with E-state index in [2.05, 4.69) is 10.2 Å². The van der Waals surface area contributed by atoms with Gasteiger partial charge in [0.05, 0.1) is 13.2 Å². The first kappa shape index (κ1) is 8.89. The van der Waals surface area contributed by atoms with Gasteiger partial charge in [0.1, 0.15) is 6.10 Å². The Morgan fingerprint density at radius 1 is 1.42 bits per heavy atom. The fourth-order valence-electron chi connectivity index (χ4n) is 0.653. The lowest BCUT2D eigenvalue weighted by atomic mass is 10.4. The summed E-state index contributed by atoms with van der Waals surface area (Å²) in [5.74, 6) is 0.297. The summed E-state index contributed by atoms with van der Waals surface area (Å²) < 4.78 is 5.04. The molecule has 0 saturated heterocycles. The minimum Gasteiger partial charge on any atom is -0.468 e. The first-order valence-corrected chi connectivity index (χ1v) is 3.53. The van der Waals surface area contributed by atoms with Crippen molar-refractivity contribution in [2.75, 3.05) is 13.2 Å². The van der Waals surface area contributed by atoms with Crippen molar-refractivity contribution in [3.05, 3.63) is 18.3 Å². The lowest BCUT2D eigenvalue weighted by Gasteiger charge is -2.11. The van der Waals surface area contributed by atoms with E-state index in [1.165, 1.54) is 6.20 Å². The summed E-state index contributed by atoms with van der Waals surface area (Å²) in [4.78, 5) is 0. The molecule has 0 unspecified atom stereocenters. The van der Waals surface area contributed by atoms with Crippen LogP contribution >= 0.6 is 0 Å². The zero-order chi connectivity index (χ0) is 8.81. The highest BCUT2D eigenvalue weighted by molar-refractivity contribution is 5.05. The molecule has 0 fully saturated rings. The van der Waals surface area contributed by atoms with Crippen LogP contribution in [0.4, 0.5) is 0 Å². The van der Waals surface area contributed by atoms with E-state index in [-0.39, 0.29) is 13.2 Å². The van der Waals surface area contributed by atoms with Crippen LogP contribution in [0.25, 0.3) is 0 Å². The summed E-state index contributed by atoms with van der Waals surface area (Å²) in [6.45, 7) is -0.486. The molecule has 0 aliphatic heterocycles. The Morgan fingerprint density at radius 3 is 2.67 bits per heavy atom. The van der Waals surface area contributed by atoms with Gasteiger partial charge in [-0.25, -0.2) is 0 Å². The highest BCUT2D eigenvalue weighted by atomic mass is 16.5. The van der Waals surface area contributed by atoms with E-state index in [0.29, 0.717) is 5.88 Å². The standard InChI is InChI=1S/C7H10N2O3/c10-4-6(5-11)12-7-2-1-3-8-9-7/h1-3,6,10-11H,4-5H2. The van der Waals surface area contributed by atoms with Crippen LogP contribution in [0.1, 0.15) is 0 Å². The van der Waals surface area contributed by atoms with Crippen molar-refractivity contribution in [3.63, 3.8) is 0 Å².